The van der Waals surface area contributed by atoms with Crippen molar-refractivity contribution in [3.8, 4) is 6.07 Å². The van der Waals surface area contributed by atoms with E-state index in [-0.39, 0.29) is 0 Å². The van der Waals surface area contributed by atoms with E-state index in [4.69, 9.17) is 0 Å². The van der Waals surface area contributed by atoms with E-state index in [1.807, 2.05) is 12.1 Å². The Bertz CT molecular complexity index is 733. The molecular formula is C18H19N3S. The lowest BCUT2D eigenvalue weighted by atomic mass is 10.1. The first-order chi connectivity index (χ1) is 10.6. The predicted octanol–water partition coefficient (Wildman–Crippen LogP) is 4.11. The molecule has 3 rings (SSSR count). The van der Waals surface area contributed by atoms with Gasteiger partial charge < -0.3 is 9.80 Å². The zero-order chi connectivity index (χ0) is 15.7. The zero-order valence-corrected chi connectivity index (χ0v) is 13.9. The second kappa shape index (κ2) is 6.04. The molecule has 0 saturated heterocycles. The molecule has 1 heterocycles. The number of fused-ring (bicyclic) bond motifs is 2. The van der Waals surface area contributed by atoms with Crippen LogP contribution < -0.4 is 4.90 Å². The Balaban J connectivity index is 2.12. The van der Waals surface area contributed by atoms with Gasteiger partial charge in [0, 0.05) is 22.4 Å². The largest absolute Gasteiger partial charge is 0.335 e. The van der Waals surface area contributed by atoms with Gasteiger partial charge in [-0.15, -0.1) is 0 Å². The molecule has 0 aliphatic carbocycles. The van der Waals surface area contributed by atoms with E-state index < -0.39 is 0 Å². The fraction of sp³-hybridized carbons (Fsp3) is 0.278. The Morgan fingerprint density at radius 2 is 1.86 bits per heavy atom. The van der Waals surface area contributed by atoms with E-state index in [1.165, 1.54) is 15.5 Å². The van der Waals surface area contributed by atoms with Gasteiger partial charge in [0.2, 0.25) is 0 Å². The number of hydrogen-bond acceptors (Lipinski definition) is 4. The van der Waals surface area contributed by atoms with Gasteiger partial charge in [0.05, 0.1) is 23.0 Å². The summed E-state index contributed by atoms with van der Waals surface area (Å²) < 4.78 is 0. The zero-order valence-electron chi connectivity index (χ0n) is 13.1. The molecule has 2 aromatic rings. The van der Waals surface area contributed by atoms with Crippen molar-refractivity contribution < 1.29 is 0 Å². The van der Waals surface area contributed by atoms with Gasteiger partial charge in [-0.1, -0.05) is 23.9 Å². The van der Waals surface area contributed by atoms with Crippen molar-refractivity contribution >= 4 is 23.1 Å². The molecule has 3 nitrogen and oxygen atoms in total. The number of rotatable bonds is 3. The van der Waals surface area contributed by atoms with Crippen LogP contribution in [0.5, 0.6) is 0 Å². The number of nitriles is 1. The molecule has 0 bridgehead atoms. The van der Waals surface area contributed by atoms with Gasteiger partial charge in [-0.25, -0.2) is 0 Å². The number of nitrogens with zero attached hydrogens (tertiary/aromatic N) is 3. The molecule has 22 heavy (non-hydrogen) atoms. The molecule has 0 fully saturated rings. The van der Waals surface area contributed by atoms with Crippen molar-refractivity contribution in [1.29, 1.82) is 5.26 Å². The molecule has 1 unspecified atom stereocenters. The van der Waals surface area contributed by atoms with E-state index in [2.05, 4.69) is 67.2 Å². The number of hydrogen-bond donors (Lipinski definition) is 0. The number of para-hydroxylation sites is 1. The average Bonchev–Trinajstić information content (AvgIpc) is 2.51. The van der Waals surface area contributed by atoms with E-state index in [0.717, 1.165) is 12.2 Å². The standard InChI is InChI=1S/C18H19N3S/c1-13(12-20(2)3)21-15-6-4-5-7-17(15)22-18-9-8-14(11-19)10-16(18)21/h4-10,13H,12H2,1-3H3. The van der Waals surface area contributed by atoms with Crippen LogP contribution in [-0.2, 0) is 0 Å². The lowest BCUT2D eigenvalue weighted by Gasteiger charge is -2.38. The smallest absolute Gasteiger partial charge is 0.0992 e. The molecule has 0 aromatic heterocycles. The summed E-state index contributed by atoms with van der Waals surface area (Å²) in [4.78, 5) is 7.04. The summed E-state index contributed by atoms with van der Waals surface area (Å²) in [7, 11) is 4.18. The summed E-state index contributed by atoms with van der Waals surface area (Å²) in [5.74, 6) is 0. The molecule has 0 radical (unpaired) electrons. The Morgan fingerprint density at radius 3 is 2.59 bits per heavy atom. The first kappa shape index (κ1) is 15.0. The molecule has 1 aliphatic rings. The molecule has 2 aromatic carbocycles. The highest BCUT2D eigenvalue weighted by Crippen LogP contribution is 2.49. The summed E-state index contributed by atoms with van der Waals surface area (Å²) in [6.45, 7) is 3.19. The summed E-state index contributed by atoms with van der Waals surface area (Å²) >= 11 is 1.78. The van der Waals surface area contributed by atoms with E-state index in [0.29, 0.717) is 11.6 Å². The molecule has 1 aliphatic heterocycles. The highest BCUT2D eigenvalue weighted by molar-refractivity contribution is 7.99. The number of benzene rings is 2. The third-order valence-electron chi connectivity index (χ3n) is 3.76. The van der Waals surface area contributed by atoms with Gasteiger partial charge in [0.15, 0.2) is 0 Å². The molecule has 0 saturated carbocycles. The third-order valence-corrected chi connectivity index (χ3v) is 4.89. The van der Waals surface area contributed by atoms with Gasteiger partial charge in [-0.2, -0.15) is 5.26 Å². The van der Waals surface area contributed by atoms with Crippen LogP contribution in [0.25, 0.3) is 0 Å². The highest BCUT2D eigenvalue weighted by atomic mass is 32.2. The summed E-state index contributed by atoms with van der Waals surface area (Å²) in [6, 6.07) is 17.0. The fourth-order valence-corrected chi connectivity index (χ4v) is 3.99. The second-order valence-electron chi connectivity index (χ2n) is 5.85. The maximum Gasteiger partial charge on any atom is 0.0992 e. The Morgan fingerprint density at radius 1 is 1.14 bits per heavy atom. The minimum absolute atomic E-state index is 0.324. The monoisotopic (exact) mass is 309 g/mol. The summed E-state index contributed by atoms with van der Waals surface area (Å²) in [5.41, 5.74) is 3.07. The van der Waals surface area contributed by atoms with Crippen molar-refractivity contribution in [3.63, 3.8) is 0 Å². The second-order valence-corrected chi connectivity index (χ2v) is 6.93. The van der Waals surface area contributed by atoms with Crippen molar-refractivity contribution in [2.75, 3.05) is 25.5 Å². The molecule has 0 N–H and O–H groups in total. The van der Waals surface area contributed by atoms with Gasteiger partial charge in [-0.3, -0.25) is 0 Å². The van der Waals surface area contributed by atoms with Crippen LogP contribution in [0, 0.1) is 11.3 Å². The van der Waals surface area contributed by atoms with Crippen LogP contribution in [-0.4, -0.2) is 31.6 Å². The van der Waals surface area contributed by atoms with Crippen LogP contribution in [0.15, 0.2) is 52.3 Å². The molecular weight excluding hydrogens is 290 g/mol. The van der Waals surface area contributed by atoms with E-state index in [9.17, 15) is 5.26 Å². The Hall–Kier alpha value is -1.96. The predicted molar refractivity (Wildman–Crippen MR) is 91.9 cm³/mol. The van der Waals surface area contributed by atoms with Crippen LogP contribution in [0.3, 0.4) is 0 Å². The van der Waals surface area contributed by atoms with Crippen LogP contribution >= 0.6 is 11.8 Å². The SMILES string of the molecule is CC(CN(C)C)N1c2ccccc2Sc2ccc(C#N)cc21. The fourth-order valence-electron chi connectivity index (χ4n) is 2.94. The molecule has 0 spiro atoms. The summed E-state index contributed by atoms with van der Waals surface area (Å²) in [6.07, 6.45) is 0. The Labute approximate surface area is 136 Å². The summed E-state index contributed by atoms with van der Waals surface area (Å²) in [5, 5.41) is 9.22. The van der Waals surface area contributed by atoms with Crippen LogP contribution in [0.2, 0.25) is 0 Å². The lowest BCUT2D eigenvalue weighted by Crippen LogP contribution is -2.38. The quantitative estimate of drug-likeness (QED) is 0.853. The highest BCUT2D eigenvalue weighted by Gasteiger charge is 2.27. The third kappa shape index (κ3) is 2.70. The van der Waals surface area contributed by atoms with Crippen molar-refractivity contribution in [3.05, 3.63) is 48.0 Å². The minimum Gasteiger partial charge on any atom is -0.335 e. The maximum absolute atomic E-state index is 9.22. The van der Waals surface area contributed by atoms with E-state index >= 15 is 0 Å². The molecule has 1 atom stereocenters. The van der Waals surface area contributed by atoms with E-state index in [1.54, 1.807) is 11.8 Å². The first-order valence-corrected chi connectivity index (χ1v) is 8.17. The van der Waals surface area contributed by atoms with Crippen molar-refractivity contribution in [1.82, 2.24) is 4.90 Å². The first-order valence-electron chi connectivity index (χ1n) is 7.35. The van der Waals surface area contributed by atoms with Crippen LogP contribution in [0.1, 0.15) is 12.5 Å². The molecule has 112 valence electrons. The minimum atomic E-state index is 0.324. The number of anilines is 2. The maximum atomic E-state index is 9.22. The normalized spacial score (nSPS) is 14.2. The van der Waals surface area contributed by atoms with Crippen molar-refractivity contribution in [2.24, 2.45) is 0 Å². The Kier molecular flexibility index (Phi) is 4.10. The lowest BCUT2D eigenvalue weighted by molar-refractivity contribution is 0.380. The number of likely N-dealkylation sites (N-methyl/N-ethyl adjacent to an activating group) is 1. The van der Waals surface area contributed by atoms with Crippen LogP contribution in [0.4, 0.5) is 11.4 Å². The van der Waals surface area contributed by atoms with Gasteiger partial charge >= 0.3 is 0 Å². The molecule has 0 amide bonds. The average molecular weight is 309 g/mol. The van der Waals surface area contributed by atoms with Crippen molar-refractivity contribution in [2.45, 2.75) is 22.8 Å². The topological polar surface area (TPSA) is 30.3 Å². The van der Waals surface area contributed by atoms with Gasteiger partial charge in [0.25, 0.3) is 0 Å². The van der Waals surface area contributed by atoms with Gasteiger partial charge in [0.1, 0.15) is 0 Å². The molecule has 4 heteroatoms. The van der Waals surface area contributed by atoms with Gasteiger partial charge in [-0.05, 0) is 51.4 Å².